The number of rotatable bonds is 11. The Morgan fingerprint density at radius 2 is 1.67 bits per heavy atom. The average Bonchev–Trinajstić information content (AvgIpc) is 2.77. The van der Waals surface area contributed by atoms with Crippen LogP contribution in [-0.4, -0.2) is 63.5 Å². The van der Waals surface area contributed by atoms with Gasteiger partial charge in [-0.25, -0.2) is 26.2 Å². The number of carbonyl (C=O) groups excluding carboxylic acids is 1. The highest BCUT2D eigenvalue weighted by molar-refractivity contribution is 7.91. The number of sulfonamides is 1. The lowest BCUT2D eigenvalue weighted by atomic mass is 10.1. The van der Waals surface area contributed by atoms with Gasteiger partial charge in [0.15, 0.2) is 9.84 Å². The van der Waals surface area contributed by atoms with Gasteiger partial charge in [0.2, 0.25) is 16.4 Å². The van der Waals surface area contributed by atoms with Crippen LogP contribution < -0.4 is 4.74 Å². The second-order valence-corrected chi connectivity index (χ2v) is 11.4. The summed E-state index contributed by atoms with van der Waals surface area (Å²) in [6.45, 7) is 1.98. The van der Waals surface area contributed by atoms with Crippen LogP contribution in [-0.2, 0) is 31.2 Å². The first-order chi connectivity index (χ1) is 15.5. The zero-order valence-electron chi connectivity index (χ0n) is 18.5. The molecule has 2 aromatic rings. The maximum atomic E-state index is 12.9. The molecule has 1 N–H and O–H groups in total. The summed E-state index contributed by atoms with van der Waals surface area (Å²) in [6, 6.07) is 10.9. The van der Waals surface area contributed by atoms with Gasteiger partial charge in [-0.15, -0.1) is 5.92 Å². The van der Waals surface area contributed by atoms with Crippen LogP contribution in [0.3, 0.4) is 0 Å². The monoisotopic (exact) mass is 494 g/mol. The van der Waals surface area contributed by atoms with E-state index in [9.17, 15) is 26.8 Å². The molecule has 0 heterocycles. The molecule has 0 aliphatic rings. The molecule has 0 saturated heterocycles. The summed E-state index contributed by atoms with van der Waals surface area (Å²) in [5.41, 5.74) is 1.03. The van der Waals surface area contributed by atoms with Crippen LogP contribution >= 0.6 is 0 Å². The van der Waals surface area contributed by atoms with E-state index < -0.39 is 31.7 Å². The second-order valence-electron chi connectivity index (χ2n) is 7.23. The highest BCUT2D eigenvalue weighted by Crippen LogP contribution is 2.26. The smallest absolute Gasteiger partial charge is 0.233 e. The Morgan fingerprint density at radius 3 is 2.18 bits per heavy atom. The lowest BCUT2D eigenvalue weighted by Gasteiger charge is -2.23. The highest BCUT2D eigenvalue weighted by atomic mass is 32.2. The first-order valence-corrected chi connectivity index (χ1v) is 13.3. The van der Waals surface area contributed by atoms with E-state index >= 15 is 0 Å². The summed E-state index contributed by atoms with van der Waals surface area (Å²) in [6.07, 6.45) is 1.23. The number of hydrogen-bond donors (Lipinski definition) is 1. The summed E-state index contributed by atoms with van der Waals surface area (Å²) in [4.78, 5) is 11.2. The van der Waals surface area contributed by atoms with Crippen molar-refractivity contribution >= 4 is 26.3 Å². The van der Waals surface area contributed by atoms with Crippen LogP contribution in [0.2, 0.25) is 0 Å². The molecule has 0 fully saturated rings. The first kappa shape index (κ1) is 26.3. The number of amides is 1. The number of ether oxygens (including phenoxy) is 1. The molecule has 0 radical (unpaired) electrons. The van der Waals surface area contributed by atoms with E-state index in [0.717, 1.165) is 10.6 Å². The van der Waals surface area contributed by atoms with Gasteiger partial charge < -0.3 is 4.74 Å². The average molecular weight is 495 g/mol. The fraction of sp³-hybridized carbons (Fsp3) is 0.318. The molecule has 0 spiro atoms. The maximum absolute atomic E-state index is 12.9. The summed E-state index contributed by atoms with van der Waals surface area (Å²) < 4.78 is 55.6. The van der Waals surface area contributed by atoms with Crippen LogP contribution in [0, 0.1) is 11.8 Å². The van der Waals surface area contributed by atoms with Crippen LogP contribution in [0.4, 0.5) is 0 Å². The molecule has 0 aliphatic carbocycles. The van der Waals surface area contributed by atoms with E-state index in [1.807, 2.05) is 0 Å². The summed E-state index contributed by atoms with van der Waals surface area (Å²) >= 11 is 0. The molecule has 33 heavy (non-hydrogen) atoms. The Hall–Kier alpha value is -2.91. The van der Waals surface area contributed by atoms with E-state index in [1.54, 1.807) is 31.2 Å². The number of hydrogen-bond acceptors (Lipinski definition) is 7. The molecular weight excluding hydrogens is 468 g/mol. The zero-order chi connectivity index (χ0) is 24.6. The van der Waals surface area contributed by atoms with Crippen molar-refractivity contribution in [2.75, 3.05) is 25.7 Å². The van der Waals surface area contributed by atoms with Gasteiger partial charge in [-0.2, -0.15) is 0 Å². The van der Waals surface area contributed by atoms with E-state index in [0.29, 0.717) is 21.9 Å². The number of nitrogens with zero attached hydrogens (tertiary/aromatic N) is 2. The molecule has 9 nitrogen and oxygen atoms in total. The van der Waals surface area contributed by atoms with E-state index in [-0.39, 0.29) is 24.5 Å². The van der Waals surface area contributed by atoms with Crippen molar-refractivity contribution in [1.29, 1.82) is 0 Å². The second kappa shape index (κ2) is 11.3. The SMILES string of the molecule is CC#CCOc1ccc(S(=O)(=O)CC(c2ccc(CN(C)S(C)(=O)=O)cc2)N(O)C=O)cc1. The lowest BCUT2D eigenvalue weighted by Crippen LogP contribution is -2.30. The molecule has 1 amide bonds. The number of hydroxylamine groups is 2. The minimum absolute atomic E-state index is 0.00659. The molecule has 2 aromatic carbocycles. The Morgan fingerprint density at radius 1 is 1.06 bits per heavy atom. The Balaban J connectivity index is 2.22. The fourth-order valence-electron chi connectivity index (χ4n) is 2.86. The molecule has 178 valence electrons. The summed E-state index contributed by atoms with van der Waals surface area (Å²) in [5.74, 6) is 5.32. The summed E-state index contributed by atoms with van der Waals surface area (Å²) in [7, 11) is -5.81. The Kier molecular flexibility index (Phi) is 9.01. The molecular formula is C22H26N2O7S2. The van der Waals surface area contributed by atoms with E-state index in [4.69, 9.17) is 4.74 Å². The Labute approximate surface area is 194 Å². The van der Waals surface area contributed by atoms with Gasteiger partial charge in [-0.1, -0.05) is 30.2 Å². The molecule has 0 saturated carbocycles. The van der Waals surface area contributed by atoms with E-state index in [2.05, 4.69) is 11.8 Å². The summed E-state index contributed by atoms with van der Waals surface area (Å²) in [5, 5.41) is 10.3. The highest BCUT2D eigenvalue weighted by Gasteiger charge is 2.27. The van der Waals surface area contributed by atoms with Crippen molar-refractivity contribution in [2.45, 2.75) is 24.4 Å². The molecule has 11 heteroatoms. The standard InChI is InChI=1S/C22H26N2O7S2/c1-4-5-14-31-20-10-12-21(13-11-20)33(29,30)16-22(24(26)17-25)19-8-6-18(7-9-19)15-23(2)32(3,27)28/h6-13,17,22,26H,14-16H2,1-3H3. The quantitative estimate of drug-likeness (QED) is 0.219. The van der Waals surface area contributed by atoms with Crippen molar-refractivity contribution in [3.63, 3.8) is 0 Å². The molecule has 1 unspecified atom stereocenters. The van der Waals surface area contributed by atoms with Gasteiger partial charge in [-0.3, -0.25) is 10.0 Å². The van der Waals surface area contributed by atoms with Crippen LogP contribution in [0.25, 0.3) is 0 Å². The van der Waals surface area contributed by atoms with Crippen LogP contribution in [0.5, 0.6) is 5.75 Å². The predicted octanol–water partition coefficient (Wildman–Crippen LogP) is 1.84. The van der Waals surface area contributed by atoms with Gasteiger partial charge in [-0.05, 0) is 42.3 Å². The molecule has 0 aliphatic heterocycles. The van der Waals surface area contributed by atoms with Crippen molar-refractivity contribution in [1.82, 2.24) is 9.37 Å². The van der Waals surface area contributed by atoms with Crippen molar-refractivity contribution in [3.05, 3.63) is 59.7 Å². The number of sulfone groups is 1. The number of benzene rings is 2. The van der Waals surface area contributed by atoms with Crippen molar-refractivity contribution in [3.8, 4) is 17.6 Å². The van der Waals surface area contributed by atoms with Crippen molar-refractivity contribution < 1.29 is 31.6 Å². The van der Waals surface area contributed by atoms with Crippen LogP contribution in [0.15, 0.2) is 53.4 Å². The van der Waals surface area contributed by atoms with Gasteiger partial charge in [0.05, 0.1) is 22.9 Å². The molecule has 1 atom stereocenters. The molecule has 0 bridgehead atoms. The fourth-order valence-corrected chi connectivity index (χ4v) is 4.74. The topological polar surface area (TPSA) is 121 Å². The lowest BCUT2D eigenvalue weighted by molar-refractivity contribution is -0.158. The normalized spacial score (nSPS) is 12.5. The maximum Gasteiger partial charge on any atom is 0.233 e. The third-order valence-electron chi connectivity index (χ3n) is 4.81. The minimum Gasteiger partial charge on any atom is -0.481 e. The van der Waals surface area contributed by atoms with Gasteiger partial charge in [0.25, 0.3) is 0 Å². The predicted molar refractivity (Wildman–Crippen MR) is 123 cm³/mol. The van der Waals surface area contributed by atoms with Crippen LogP contribution in [0.1, 0.15) is 24.1 Å². The van der Waals surface area contributed by atoms with E-state index in [1.165, 1.54) is 31.3 Å². The van der Waals surface area contributed by atoms with Gasteiger partial charge in [0.1, 0.15) is 12.4 Å². The number of carbonyl (C=O) groups is 1. The van der Waals surface area contributed by atoms with Gasteiger partial charge in [0, 0.05) is 13.6 Å². The van der Waals surface area contributed by atoms with Crippen molar-refractivity contribution in [2.24, 2.45) is 0 Å². The Bertz CT molecular complexity index is 1210. The third kappa shape index (κ3) is 7.57. The molecule has 2 rings (SSSR count). The zero-order valence-corrected chi connectivity index (χ0v) is 20.1. The third-order valence-corrected chi connectivity index (χ3v) is 7.82. The minimum atomic E-state index is -3.88. The molecule has 0 aromatic heterocycles. The first-order valence-electron chi connectivity index (χ1n) is 9.76. The van der Waals surface area contributed by atoms with Gasteiger partial charge >= 0.3 is 0 Å². The largest absolute Gasteiger partial charge is 0.481 e.